The van der Waals surface area contributed by atoms with Crippen molar-refractivity contribution in [3.63, 3.8) is 0 Å². The molecular formula is C26H26F3N3O7. The molecule has 0 aliphatic carbocycles. The van der Waals surface area contributed by atoms with Crippen molar-refractivity contribution < 1.29 is 42.8 Å². The Morgan fingerprint density at radius 1 is 1.05 bits per heavy atom. The number of benzene rings is 2. The summed E-state index contributed by atoms with van der Waals surface area (Å²) in [6.07, 6.45) is -4.72. The molecule has 3 rings (SSSR count). The molecule has 3 aromatic rings. The number of aromatic hydroxyl groups is 2. The van der Waals surface area contributed by atoms with Gasteiger partial charge in [0.1, 0.15) is 23.6 Å². The van der Waals surface area contributed by atoms with Crippen LogP contribution in [-0.2, 0) is 16.8 Å². The molecule has 0 aliphatic heterocycles. The summed E-state index contributed by atoms with van der Waals surface area (Å²) >= 11 is 0. The Balaban J connectivity index is 2.22. The van der Waals surface area contributed by atoms with Gasteiger partial charge in [-0.1, -0.05) is 51.1 Å². The van der Waals surface area contributed by atoms with E-state index in [-0.39, 0.29) is 12.0 Å². The minimum absolute atomic E-state index is 0.184. The number of aromatic nitrogens is 2. The Kier molecular flexibility index (Phi) is 8.22. The van der Waals surface area contributed by atoms with Crippen LogP contribution in [0.3, 0.4) is 0 Å². The fraction of sp³-hybridized carbons (Fsp3) is 0.308. The molecule has 0 saturated heterocycles. The van der Waals surface area contributed by atoms with E-state index in [4.69, 9.17) is 9.84 Å². The van der Waals surface area contributed by atoms with Crippen molar-refractivity contribution in [2.24, 2.45) is 0 Å². The highest BCUT2D eigenvalue weighted by molar-refractivity contribution is 5.97. The van der Waals surface area contributed by atoms with Crippen molar-refractivity contribution in [1.82, 2.24) is 14.9 Å². The lowest BCUT2D eigenvalue weighted by Gasteiger charge is -2.20. The number of amides is 1. The summed E-state index contributed by atoms with van der Waals surface area (Å²) in [7, 11) is 0. The van der Waals surface area contributed by atoms with E-state index in [9.17, 15) is 37.8 Å². The van der Waals surface area contributed by atoms with E-state index in [0.29, 0.717) is 5.56 Å². The number of hydrogen-bond acceptors (Lipinski definition) is 7. The Morgan fingerprint density at radius 2 is 1.69 bits per heavy atom. The van der Waals surface area contributed by atoms with Gasteiger partial charge in [-0.15, -0.1) is 0 Å². The van der Waals surface area contributed by atoms with Gasteiger partial charge in [-0.25, -0.2) is 0 Å². The van der Waals surface area contributed by atoms with E-state index in [2.05, 4.69) is 4.98 Å². The Morgan fingerprint density at radius 3 is 2.26 bits per heavy atom. The molecule has 0 unspecified atom stereocenters. The summed E-state index contributed by atoms with van der Waals surface area (Å²) in [5.41, 5.74) is -1.15. The summed E-state index contributed by atoms with van der Waals surface area (Å²) in [4.78, 5) is 40.8. The van der Waals surface area contributed by atoms with Crippen LogP contribution in [0.25, 0.3) is 11.4 Å². The van der Waals surface area contributed by atoms with Gasteiger partial charge in [-0.05, 0) is 28.7 Å². The van der Waals surface area contributed by atoms with E-state index in [1.807, 2.05) is 38.2 Å². The number of hydrogen-bond donors (Lipinski definition) is 4. The second-order valence-electron chi connectivity index (χ2n) is 9.60. The zero-order valence-corrected chi connectivity index (χ0v) is 21.2. The quantitative estimate of drug-likeness (QED) is 0.334. The molecule has 208 valence electrons. The predicted molar refractivity (Wildman–Crippen MR) is 133 cm³/mol. The smallest absolute Gasteiger partial charge is 0.422 e. The van der Waals surface area contributed by atoms with E-state index >= 15 is 0 Å². The standard InChI is InChI=1S/C26H26F3N3O7/c1-25(2,3)15-9-7-14(8-10-15)12-32-21(19-16(33)5-4-6-17(19)39-13-26(27,28)29)31-23(37)20(24(32)38)22(36)30-11-18(34)35/h4-10,33,37H,11-13H2,1-3H3,(H,30,36)(H,34,35). The van der Waals surface area contributed by atoms with Crippen LogP contribution in [0, 0.1) is 0 Å². The number of phenols is 1. The average Bonchev–Trinajstić information content (AvgIpc) is 2.82. The molecule has 4 N–H and O–H groups in total. The number of halogens is 3. The molecule has 0 atom stereocenters. The van der Waals surface area contributed by atoms with Crippen molar-refractivity contribution >= 4 is 11.9 Å². The summed E-state index contributed by atoms with van der Waals surface area (Å²) in [5, 5.41) is 31.8. The molecule has 0 saturated carbocycles. The maximum absolute atomic E-state index is 13.5. The number of rotatable bonds is 8. The second-order valence-corrected chi connectivity index (χ2v) is 9.60. The lowest BCUT2D eigenvalue weighted by Crippen LogP contribution is -2.37. The molecule has 1 heterocycles. The van der Waals surface area contributed by atoms with Gasteiger partial charge in [0.2, 0.25) is 5.88 Å². The van der Waals surface area contributed by atoms with Gasteiger partial charge < -0.3 is 25.4 Å². The Hall–Kier alpha value is -4.55. The molecule has 10 nitrogen and oxygen atoms in total. The fourth-order valence-corrected chi connectivity index (χ4v) is 3.64. The molecule has 2 aromatic carbocycles. The number of carboxylic acid groups (broad SMARTS) is 1. The normalized spacial score (nSPS) is 11.7. The molecule has 0 radical (unpaired) electrons. The SMILES string of the molecule is CC(C)(C)c1ccc(Cn2c(-c3c(O)cccc3OCC(F)(F)F)nc(O)c(C(=O)NCC(=O)O)c2=O)cc1. The van der Waals surface area contributed by atoms with Gasteiger partial charge in [-0.3, -0.25) is 19.0 Å². The van der Waals surface area contributed by atoms with E-state index in [1.165, 1.54) is 6.07 Å². The lowest BCUT2D eigenvalue weighted by atomic mass is 9.87. The number of ether oxygens (including phenoxy) is 1. The third kappa shape index (κ3) is 7.06. The largest absolute Gasteiger partial charge is 0.507 e. The van der Waals surface area contributed by atoms with Crippen LogP contribution in [0.1, 0.15) is 42.3 Å². The summed E-state index contributed by atoms with van der Waals surface area (Å²) in [6.45, 7) is 3.13. The van der Waals surface area contributed by atoms with Gasteiger partial charge in [-0.2, -0.15) is 18.2 Å². The molecule has 39 heavy (non-hydrogen) atoms. The molecule has 0 bridgehead atoms. The first-order valence-corrected chi connectivity index (χ1v) is 11.5. The minimum atomic E-state index is -4.72. The number of nitrogens with one attached hydrogen (secondary N) is 1. The summed E-state index contributed by atoms with van der Waals surface area (Å²) in [6, 6.07) is 10.5. The van der Waals surface area contributed by atoms with Crippen LogP contribution < -0.4 is 15.6 Å². The zero-order valence-electron chi connectivity index (χ0n) is 21.2. The third-order valence-electron chi connectivity index (χ3n) is 5.56. The highest BCUT2D eigenvalue weighted by atomic mass is 19.4. The van der Waals surface area contributed by atoms with Gasteiger partial charge in [0.05, 0.1) is 6.54 Å². The summed E-state index contributed by atoms with van der Waals surface area (Å²) < 4.78 is 44.3. The van der Waals surface area contributed by atoms with Crippen LogP contribution in [0.5, 0.6) is 17.4 Å². The maximum atomic E-state index is 13.5. The molecule has 1 aromatic heterocycles. The van der Waals surface area contributed by atoms with Crippen LogP contribution in [-0.4, -0.2) is 56.1 Å². The highest BCUT2D eigenvalue weighted by Crippen LogP contribution is 2.38. The topological polar surface area (TPSA) is 151 Å². The Bertz CT molecular complexity index is 1440. The first-order valence-electron chi connectivity index (χ1n) is 11.5. The van der Waals surface area contributed by atoms with Crippen molar-refractivity contribution in [2.75, 3.05) is 13.2 Å². The second kappa shape index (κ2) is 11.1. The first-order chi connectivity index (χ1) is 18.1. The van der Waals surface area contributed by atoms with Gasteiger partial charge >= 0.3 is 12.1 Å². The van der Waals surface area contributed by atoms with Crippen molar-refractivity contribution in [1.29, 1.82) is 0 Å². The molecule has 0 aliphatic rings. The van der Waals surface area contributed by atoms with Crippen molar-refractivity contribution in [3.05, 3.63) is 69.5 Å². The fourth-order valence-electron chi connectivity index (χ4n) is 3.64. The molecule has 1 amide bonds. The summed E-state index contributed by atoms with van der Waals surface area (Å²) in [5.74, 6) is -5.35. The molecule has 0 fully saturated rings. The van der Waals surface area contributed by atoms with Crippen LogP contribution in [0.4, 0.5) is 13.2 Å². The molecule has 13 heteroatoms. The molecule has 0 spiro atoms. The minimum Gasteiger partial charge on any atom is -0.507 e. The Labute approximate surface area is 220 Å². The monoisotopic (exact) mass is 549 g/mol. The van der Waals surface area contributed by atoms with E-state index in [0.717, 1.165) is 22.3 Å². The number of carbonyl (C=O) groups excluding carboxylic acids is 1. The van der Waals surface area contributed by atoms with Gasteiger partial charge in [0, 0.05) is 0 Å². The average molecular weight is 550 g/mol. The zero-order chi connectivity index (χ0) is 29.1. The highest BCUT2D eigenvalue weighted by Gasteiger charge is 2.31. The van der Waals surface area contributed by atoms with Crippen LogP contribution >= 0.6 is 0 Å². The van der Waals surface area contributed by atoms with Gasteiger partial charge in [0.15, 0.2) is 18.0 Å². The first kappa shape index (κ1) is 29.0. The number of nitrogens with zero attached hydrogens (tertiary/aromatic N) is 2. The van der Waals surface area contributed by atoms with Crippen LogP contribution in [0.2, 0.25) is 0 Å². The lowest BCUT2D eigenvalue weighted by molar-refractivity contribution is -0.153. The van der Waals surface area contributed by atoms with Crippen LogP contribution in [0.15, 0.2) is 47.3 Å². The number of phenolic OH excluding ortho intramolecular Hbond substituents is 1. The maximum Gasteiger partial charge on any atom is 0.422 e. The number of alkyl halides is 3. The number of aliphatic carboxylic acids is 1. The van der Waals surface area contributed by atoms with Crippen molar-refractivity contribution in [3.8, 4) is 28.8 Å². The van der Waals surface area contributed by atoms with Crippen molar-refractivity contribution in [2.45, 2.75) is 38.9 Å². The predicted octanol–water partition coefficient (Wildman–Crippen LogP) is 3.42. The molecular weight excluding hydrogens is 523 g/mol. The number of carboxylic acids is 1. The number of carbonyl (C=O) groups is 2. The van der Waals surface area contributed by atoms with Gasteiger partial charge in [0.25, 0.3) is 11.5 Å². The van der Waals surface area contributed by atoms with E-state index < -0.39 is 71.1 Å². The van der Waals surface area contributed by atoms with E-state index in [1.54, 1.807) is 12.1 Å². The third-order valence-corrected chi connectivity index (χ3v) is 5.56.